The molecule has 1 nitrogen and oxygen atoms in total. The minimum absolute atomic E-state index is 0.0561. The molecule has 1 atom stereocenters. The van der Waals surface area contributed by atoms with Crippen molar-refractivity contribution in [1.29, 1.82) is 0 Å². The van der Waals surface area contributed by atoms with Crippen LogP contribution >= 0.6 is 15.9 Å². The Hall–Kier alpha value is -0.550. The topological polar surface area (TPSA) is 12.0 Å². The summed E-state index contributed by atoms with van der Waals surface area (Å²) in [7, 11) is 1.32. The van der Waals surface area contributed by atoms with Crippen LogP contribution in [0.2, 0.25) is 0 Å². The van der Waals surface area contributed by atoms with Crippen molar-refractivity contribution in [3.63, 3.8) is 0 Å². The van der Waals surface area contributed by atoms with Crippen molar-refractivity contribution in [1.82, 2.24) is 5.32 Å². The van der Waals surface area contributed by atoms with E-state index >= 15 is 0 Å². The molecular formula is C10H11BrF3N. The molecule has 0 amide bonds. The van der Waals surface area contributed by atoms with Gasteiger partial charge < -0.3 is 5.32 Å². The Morgan fingerprint density at radius 1 is 1.40 bits per heavy atom. The second-order valence-corrected chi connectivity index (χ2v) is 4.13. The van der Waals surface area contributed by atoms with Crippen LogP contribution in [0.15, 0.2) is 28.7 Å². The predicted molar refractivity (Wildman–Crippen MR) is 56.7 cm³/mol. The van der Waals surface area contributed by atoms with Crippen molar-refractivity contribution in [3.05, 3.63) is 34.3 Å². The van der Waals surface area contributed by atoms with E-state index in [1.54, 1.807) is 24.3 Å². The van der Waals surface area contributed by atoms with Gasteiger partial charge in [-0.3, -0.25) is 0 Å². The smallest absolute Gasteiger partial charge is 0.309 e. The van der Waals surface area contributed by atoms with Crippen molar-refractivity contribution in [3.8, 4) is 0 Å². The summed E-state index contributed by atoms with van der Waals surface area (Å²) in [6.45, 7) is 0. The normalized spacial score (nSPS) is 13.9. The van der Waals surface area contributed by atoms with Gasteiger partial charge in [-0.2, -0.15) is 13.2 Å². The van der Waals surface area contributed by atoms with Crippen LogP contribution in [0.25, 0.3) is 0 Å². The second kappa shape index (κ2) is 4.99. The fourth-order valence-corrected chi connectivity index (χ4v) is 1.73. The van der Waals surface area contributed by atoms with Gasteiger partial charge in [0.25, 0.3) is 0 Å². The Morgan fingerprint density at radius 2 is 2.07 bits per heavy atom. The van der Waals surface area contributed by atoms with E-state index in [4.69, 9.17) is 0 Å². The first-order valence-corrected chi connectivity index (χ1v) is 5.21. The fraction of sp³-hybridized carbons (Fsp3) is 0.400. The maximum atomic E-state index is 12.4. The molecule has 0 saturated carbocycles. The first-order chi connectivity index (χ1) is 6.93. The number of nitrogens with one attached hydrogen (secondary N) is 1. The van der Waals surface area contributed by atoms with Gasteiger partial charge in [-0.05, 0) is 31.2 Å². The Balaban J connectivity index is 2.76. The van der Waals surface area contributed by atoms with Gasteiger partial charge in [-0.15, -0.1) is 0 Å². The highest BCUT2D eigenvalue weighted by Crippen LogP contribution is 2.23. The third-order valence-corrected chi connectivity index (χ3v) is 2.57. The van der Waals surface area contributed by atoms with Crippen LogP contribution in [0.5, 0.6) is 0 Å². The van der Waals surface area contributed by atoms with E-state index in [9.17, 15) is 13.2 Å². The summed E-state index contributed by atoms with van der Waals surface area (Å²) in [6, 6.07) is 5.39. The van der Waals surface area contributed by atoms with Gasteiger partial charge in [0.05, 0.1) is 0 Å². The van der Waals surface area contributed by atoms with Crippen molar-refractivity contribution in [2.75, 3.05) is 7.05 Å². The molecule has 0 aromatic heterocycles. The highest BCUT2D eigenvalue weighted by molar-refractivity contribution is 9.10. The summed E-state index contributed by atoms with van der Waals surface area (Å²) in [5.74, 6) is 0. The number of alkyl halides is 3. The number of likely N-dealkylation sites (N-methyl/N-ethyl adjacent to an activating group) is 1. The largest absolute Gasteiger partial charge is 0.404 e. The summed E-state index contributed by atoms with van der Waals surface area (Å²) in [6.07, 6.45) is -4.27. The maximum Gasteiger partial charge on any atom is 0.404 e. The summed E-state index contributed by atoms with van der Waals surface area (Å²) in [4.78, 5) is 0. The fourth-order valence-electron chi connectivity index (χ4n) is 1.28. The van der Waals surface area contributed by atoms with Crippen LogP contribution in [-0.2, 0) is 6.42 Å². The minimum atomic E-state index is -4.21. The zero-order chi connectivity index (χ0) is 11.5. The lowest BCUT2D eigenvalue weighted by molar-refractivity contribution is -0.154. The molecule has 0 aliphatic rings. The standard InChI is InChI=1S/C10H11BrF3N/c1-15-9(10(12,13)14)6-7-3-2-4-8(11)5-7/h2-5,9,15H,6H2,1H3. The van der Waals surface area contributed by atoms with Gasteiger partial charge in [0.15, 0.2) is 0 Å². The average Bonchev–Trinajstić information content (AvgIpc) is 2.12. The van der Waals surface area contributed by atoms with Crippen molar-refractivity contribution < 1.29 is 13.2 Å². The highest BCUT2D eigenvalue weighted by Gasteiger charge is 2.38. The first-order valence-electron chi connectivity index (χ1n) is 4.42. The zero-order valence-corrected chi connectivity index (χ0v) is 9.69. The van der Waals surface area contributed by atoms with Crippen LogP contribution in [0.3, 0.4) is 0 Å². The molecule has 0 aliphatic carbocycles. The average molecular weight is 282 g/mol. The Bertz CT molecular complexity index is 325. The molecule has 0 heterocycles. The van der Waals surface area contributed by atoms with Gasteiger partial charge >= 0.3 is 6.18 Å². The third-order valence-electron chi connectivity index (χ3n) is 2.07. The van der Waals surface area contributed by atoms with E-state index in [-0.39, 0.29) is 6.42 Å². The van der Waals surface area contributed by atoms with Crippen molar-refractivity contribution in [2.45, 2.75) is 18.6 Å². The minimum Gasteiger partial charge on any atom is -0.309 e. The van der Waals surface area contributed by atoms with Crippen LogP contribution in [0, 0.1) is 0 Å². The van der Waals surface area contributed by atoms with Crippen LogP contribution in [0.4, 0.5) is 13.2 Å². The molecule has 1 N–H and O–H groups in total. The molecule has 0 bridgehead atoms. The molecule has 0 aliphatic heterocycles. The lowest BCUT2D eigenvalue weighted by Crippen LogP contribution is -2.41. The molecule has 1 unspecified atom stereocenters. The van der Waals surface area contributed by atoms with Gasteiger partial charge in [0.2, 0.25) is 0 Å². The molecule has 0 fully saturated rings. The van der Waals surface area contributed by atoms with E-state index in [1.807, 2.05) is 0 Å². The summed E-state index contributed by atoms with van der Waals surface area (Å²) in [5.41, 5.74) is 0.654. The molecule has 0 radical (unpaired) electrons. The molecular weight excluding hydrogens is 271 g/mol. The van der Waals surface area contributed by atoms with E-state index in [0.717, 1.165) is 4.47 Å². The zero-order valence-electron chi connectivity index (χ0n) is 8.11. The maximum absolute atomic E-state index is 12.4. The van der Waals surface area contributed by atoms with Crippen molar-refractivity contribution in [2.24, 2.45) is 0 Å². The molecule has 5 heteroatoms. The number of rotatable bonds is 3. The Morgan fingerprint density at radius 3 is 2.53 bits per heavy atom. The molecule has 0 spiro atoms. The molecule has 0 saturated heterocycles. The monoisotopic (exact) mass is 281 g/mol. The van der Waals surface area contributed by atoms with E-state index in [0.29, 0.717) is 5.56 Å². The van der Waals surface area contributed by atoms with Crippen LogP contribution in [0.1, 0.15) is 5.56 Å². The Kier molecular flexibility index (Phi) is 4.16. The summed E-state index contributed by atoms with van der Waals surface area (Å²) in [5, 5.41) is 2.27. The number of hydrogen-bond acceptors (Lipinski definition) is 1. The van der Waals surface area contributed by atoms with Gasteiger partial charge in [0.1, 0.15) is 6.04 Å². The summed E-state index contributed by atoms with van der Waals surface area (Å²) < 4.78 is 38.1. The molecule has 1 rings (SSSR count). The molecule has 15 heavy (non-hydrogen) atoms. The second-order valence-electron chi connectivity index (χ2n) is 3.22. The highest BCUT2D eigenvalue weighted by atomic mass is 79.9. The van der Waals surface area contributed by atoms with E-state index in [1.165, 1.54) is 7.05 Å². The van der Waals surface area contributed by atoms with Gasteiger partial charge in [-0.25, -0.2) is 0 Å². The van der Waals surface area contributed by atoms with E-state index in [2.05, 4.69) is 21.2 Å². The summed E-state index contributed by atoms with van der Waals surface area (Å²) >= 11 is 3.22. The van der Waals surface area contributed by atoms with Crippen molar-refractivity contribution >= 4 is 15.9 Å². The Labute approximate surface area is 94.8 Å². The predicted octanol–water partition coefficient (Wildman–Crippen LogP) is 3.14. The van der Waals surface area contributed by atoms with Gasteiger partial charge in [-0.1, -0.05) is 28.1 Å². The van der Waals surface area contributed by atoms with Crippen LogP contribution < -0.4 is 5.32 Å². The first kappa shape index (κ1) is 12.5. The number of halogens is 4. The SMILES string of the molecule is CNC(Cc1cccc(Br)c1)C(F)(F)F. The molecule has 84 valence electrons. The lowest BCUT2D eigenvalue weighted by atomic mass is 10.1. The van der Waals surface area contributed by atoms with Crippen LogP contribution in [-0.4, -0.2) is 19.3 Å². The number of benzene rings is 1. The van der Waals surface area contributed by atoms with Gasteiger partial charge in [0, 0.05) is 4.47 Å². The van der Waals surface area contributed by atoms with E-state index < -0.39 is 12.2 Å². The third kappa shape index (κ3) is 3.83. The molecule has 1 aromatic rings. The number of hydrogen-bond donors (Lipinski definition) is 1. The molecule has 1 aromatic carbocycles. The lowest BCUT2D eigenvalue weighted by Gasteiger charge is -2.19. The quantitative estimate of drug-likeness (QED) is 0.898.